The van der Waals surface area contributed by atoms with Gasteiger partial charge in [0.15, 0.2) is 0 Å². The van der Waals surface area contributed by atoms with Gasteiger partial charge in [-0.25, -0.2) is 0 Å². The summed E-state index contributed by atoms with van der Waals surface area (Å²) in [7, 11) is 0. The monoisotopic (exact) mass is 335 g/mol. The van der Waals surface area contributed by atoms with E-state index in [-0.39, 0.29) is 11.8 Å². The summed E-state index contributed by atoms with van der Waals surface area (Å²) in [6, 6.07) is 19.2. The third-order valence-corrected chi connectivity index (χ3v) is 4.03. The van der Waals surface area contributed by atoms with Crippen LogP contribution in [0.2, 0.25) is 0 Å². The van der Waals surface area contributed by atoms with Crippen LogP contribution in [0.15, 0.2) is 66.9 Å². The molecule has 0 spiro atoms. The van der Waals surface area contributed by atoms with Crippen LogP contribution in [0.4, 0.5) is 0 Å². The van der Waals surface area contributed by atoms with Crippen LogP contribution in [0.25, 0.3) is 10.9 Å². The number of nitrogens with one attached hydrogen (secondary N) is 2. The van der Waals surface area contributed by atoms with Gasteiger partial charge in [-0.2, -0.15) is 0 Å². The number of aryl methyl sites for hydroxylation is 1. The van der Waals surface area contributed by atoms with Crippen molar-refractivity contribution in [2.24, 2.45) is 0 Å². The number of amides is 2. The zero-order valence-electron chi connectivity index (χ0n) is 13.9. The van der Waals surface area contributed by atoms with E-state index in [4.69, 9.17) is 0 Å². The van der Waals surface area contributed by atoms with E-state index < -0.39 is 0 Å². The van der Waals surface area contributed by atoms with Gasteiger partial charge < -0.3 is 15.2 Å². The van der Waals surface area contributed by atoms with Crippen LogP contribution < -0.4 is 10.6 Å². The molecule has 0 aliphatic carbocycles. The molecule has 2 amide bonds. The topological polar surface area (TPSA) is 63.1 Å². The highest BCUT2D eigenvalue weighted by Gasteiger charge is 2.06. The van der Waals surface area contributed by atoms with Gasteiger partial charge in [-0.3, -0.25) is 9.59 Å². The highest BCUT2D eigenvalue weighted by Crippen LogP contribution is 2.15. The van der Waals surface area contributed by atoms with Crippen molar-refractivity contribution in [3.8, 4) is 0 Å². The van der Waals surface area contributed by atoms with Gasteiger partial charge in [0, 0.05) is 43.3 Å². The van der Waals surface area contributed by atoms with E-state index in [1.165, 1.54) is 5.39 Å². The largest absolute Gasteiger partial charge is 0.354 e. The number of fused-ring (bicyclic) bond motifs is 1. The number of para-hydroxylation sites is 1. The van der Waals surface area contributed by atoms with Gasteiger partial charge in [0.2, 0.25) is 5.91 Å². The summed E-state index contributed by atoms with van der Waals surface area (Å²) in [5.41, 5.74) is 1.75. The lowest BCUT2D eigenvalue weighted by atomic mass is 10.2. The Morgan fingerprint density at radius 2 is 1.56 bits per heavy atom. The molecule has 2 aromatic carbocycles. The molecule has 1 aromatic heterocycles. The van der Waals surface area contributed by atoms with E-state index in [0.29, 0.717) is 31.6 Å². The molecular formula is C20H21N3O2. The molecule has 1 heterocycles. The first-order valence-electron chi connectivity index (χ1n) is 8.38. The zero-order valence-corrected chi connectivity index (χ0v) is 13.9. The van der Waals surface area contributed by atoms with Crippen molar-refractivity contribution in [1.82, 2.24) is 15.2 Å². The Labute approximate surface area is 146 Å². The Morgan fingerprint density at radius 3 is 2.40 bits per heavy atom. The van der Waals surface area contributed by atoms with Crippen LogP contribution >= 0.6 is 0 Å². The summed E-state index contributed by atoms with van der Waals surface area (Å²) >= 11 is 0. The van der Waals surface area contributed by atoms with Crippen LogP contribution in [0.5, 0.6) is 0 Å². The normalized spacial score (nSPS) is 10.6. The van der Waals surface area contributed by atoms with E-state index in [1.54, 1.807) is 12.1 Å². The zero-order chi connectivity index (χ0) is 17.5. The fourth-order valence-electron chi connectivity index (χ4n) is 2.72. The summed E-state index contributed by atoms with van der Waals surface area (Å²) in [4.78, 5) is 23.8. The van der Waals surface area contributed by atoms with Gasteiger partial charge >= 0.3 is 0 Å². The fourth-order valence-corrected chi connectivity index (χ4v) is 2.72. The van der Waals surface area contributed by atoms with Crippen LogP contribution in [-0.2, 0) is 11.3 Å². The van der Waals surface area contributed by atoms with Crippen molar-refractivity contribution in [1.29, 1.82) is 0 Å². The van der Waals surface area contributed by atoms with Crippen molar-refractivity contribution in [3.63, 3.8) is 0 Å². The molecule has 0 bridgehead atoms. The number of benzene rings is 2. The molecule has 128 valence electrons. The Hall–Kier alpha value is -3.08. The molecular weight excluding hydrogens is 314 g/mol. The summed E-state index contributed by atoms with van der Waals surface area (Å²) in [5, 5.41) is 6.79. The molecule has 0 saturated heterocycles. The van der Waals surface area contributed by atoms with Gasteiger partial charge in [0.25, 0.3) is 5.91 Å². The Bertz CT molecular complexity index is 856. The average molecular weight is 335 g/mol. The van der Waals surface area contributed by atoms with Crippen LogP contribution in [-0.4, -0.2) is 29.5 Å². The van der Waals surface area contributed by atoms with Crippen molar-refractivity contribution in [2.75, 3.05) is 13.1 Å². The lowest BCUT2D eigenvalue weighted by Crippen LogP contribution is -2.34. The number of carbonyl (C=O) groups is 2. The number of carbonyl (C=O) groups excluding carboxylic acids is 2. The lowest BCUT2D eigenvalue weighted by molar-refractivity contribution is -0.121. The second-order valence-corrected chi connectivity index (χ2v) is 5.79. The van der Waals surface area contributed by atoms with Gasteiger partial charge in [0.1, 0.15) is 0 Å². The highest BCUT2D eigenvalue weighted by atomic mass is 16.2. The number of hydrogen-bond donors (Lipinski definition) is 2. The molecule has 0 unspecified atom stereocenters. The second-order valence-electron chi connectivity index (χ2n) is 5.79. The maximum Gasteiger partial charge on any atom is 0.251 e. The Kier molecular flexibility index (Phi) is 5.46. The molecule has 0 aliphatic rings. The minimum absolute atomic E-state index is 0.0215. The summed E-state index contributed by atoms with van der Waals surface area (Å²) < 4.78 is 2.08. The van der Waals surface area contributed by atoms with E-state index in [9.17, 15) is 9.59 Å². The van der Waals surface area contributed by atoms with E-state index in [2.05, 4.69) is 21.3 Å². The van der Waals surface area contributed by atoms with Gasteiger partial charge in [-0.05, 0) is 29.7 Å². The van der Waals surface area contributed by atoms with Crippen molar-refractivity contribution < 1.29 is 9.59 Å². The molecule has 5 heteroatoms. The SMILES string of the molecule is O=C(CCn1ccc2ccccc21)NCCNC(=O)c1ccccc1. The first-order chi connectivity index (χ1) is 12.2. The summed E-state index contributed by atoms with van der Waals surface area (Å²) in [6.07, 6.45) is 2.41. The first-order valence-corrected chi connectivity index (χ1v) is 8.38. The maximum absolute atomic E-state index is 12.0. The molecule has 5 nitrogen and oxygen atoms in total. The average Bonchev–Trinajstić information content (AvgIpc) is 3.07. The van der Waals surface area contributed by atoms with Crippen LogP contribution in [0.1, 0.15) is 16.8 Å². The third-order valence-electron chi connectivity index (χ3n) is 4.03. The minimum atomic E-state index is -0.131. The second kappa shape index (κ2) is 8.15. The molecule has 25 heavy (non-hydrogen) atoms. The highest BCUT2D eigenvalue weighted by molar-refractivity contribution is 5.94. The number of rotatable bonds is 7. The lowest BCUT2D eigenvalue weighted by Gasteiger charge is -2.08. The number of aromatic nitrogens is 1. The van der Waals surface area contributed by atoms with E-state index in [1.807, 2.05) is 48.7 Å². The Morgan fingerprint density at radius 1 is 0.840 bits per heavy atom. The standard InChI is InChI=1S/C20H21N3O2/c24-19(11-15-23-14-10-16-6-4-5-9-18(16)23)21-12-13-22-20(25)17-7-2-1-3-8-17/h1-10,14H,11-13,15H2,(H,21,24)(H,22,25). The minimum Gasteiger partial charge on any atom is -0.354 e. The van der Waals surface area contributed by atoms with Gasteiger partial charge in [-0.15, -0.1) is 0 Å². The van der Waals surface area contributed by atoms with Gasteiger partial charge in [-0.1, -0.05) is 36.4 Å². The Balaban J connectivity index is 1.38. The van der Waals surface area contributed by atoms with Gasteiger partial charge in [0.05, 0.1) is 0 Å². The molecule has 0 atom stereocenters. The predicted octanol–water partition coefficient (Wildman–Crippen LogP) is 2.58. The van der Waals surface area contributed by atoms with Crippen molar-refractivity contribution in [2.45, 2.75) is 13.0 Å². The number of nitrogens with zero attached hydrogens (tertiary/aromatic N) is 1. The van der Waals surface area contributed by atoms with Crippen molar-refractivity contribution in [3.05, 3.63) is 72.4 Å². The maximum atomic E-state index is 12.0. The summed E-state index contributed by atoms with van der Waals surface area (Å²) in [5.74, 6) is -0.152. The molecule has 3 rings (SSSR count). The van der Waals surface area contributed by atoms with Crippen LogP contribution in [0, 0.1) is 0 Å². The predicted molar refractivity (Wildman–Crippen MR) is 98.3 cm³/mol. The van der Waals surface area contributed by atoms with Crippen molar-refractivity contribution >= 4 is 22.7 Å². The smallest absolute Gasteiger partial charge is 0.251 e. The first kappa shape index (κ1) is 16.8. The molecule has 0 saturated carbocycles. The third kappa shape index (κ3) is 4.47. The van der Waals surface area contributed by atoms with E-state index in [0.717, 1.165) is 5.52 Å². The summed E-state index contributed by atoms with van der Waals surface area (Å²) in [6.45, 7) is 1.46. The quantitative estimate of drug-likeness (QED) is 0.652. The van der Waals surface area contributed by atoms with Crippen LogP contribution in [0.3, 0.4) is 0 Å². The molecule has 0 fully saturated rings. The molecule has 2 N–H and O–H groups in total. The van der Waals surface area contributed by atoms with E-state index >= 15 is 0 Å². The molecule has 0 radical (unpaired) electrons. The molecule has 3 aromatic rings. The number of hydrogen-bond acceptors (Lipinski definition) is 2. The fraction of sp³-hybridized carbons (Fsp3) is 0.200. The molecule has 0 aliphatic heterocycles.